The number of carbonyl (C=O) groups excluding carboxylic acids is 1. The zero-order valence-corrected chi connectivity index (χ0v) is 11.9. The van der Waals surface area contributed by atoms with Crippen LogP contribution in [0.5, 0.6) is 0 Å². The number of alkyl halides is 3. The number of furan rings is 1. The van der Waals surface area contributed by atoms with Gasteiger partial charge >= 0.3 is 12.1 Å². The van der Waals surface area contributed by atoms with Crippen molar-refractivity contribution in [1.82, 2.24) is 4.98 Å². The van der Waals surface area contributed by atoms with Gasteiger partial charge in [0.15, 0.2) is 0 Å². The first-order chi connectivity index (χ1) is 10.4. The number of ether oxygens (including phenoxy) is 1. The highest BCUT2D eigenvalue weighted by Crippen LogP contribution is 2.38. The number of esters is 1. The van der Waals surface area contributed by atoms with Gasteiger partial charge in [-0.05, 0) is 17.5 Å². The maximum absolute atomic E-state index is 13.2. The van der Waals surface area contributed by atoms with Crippen LogP contribution in [0.4, 0.5) is 13.2 Å². The third kappa shape index (κ3) is 2.45. The summed E-state index contributed by atoms with van der Waals surface area (Å²) in [6.45, 7) is 0. The Labute approximate surface area is 126 Å². The van der Waals surface area contributed by atoms with Crippen LogP contribution in [0, 0.1) is 0 Å². The molecule has 3 rings (SSSR count). The lowest BCUT2D eigenvalue weighted by Crippen LogP contribution is -2.06. The van der Waals surface area contributed by atoms with Gasteiger partial charge in [-0.25, -0.2) is 9.78 Å². The fourth-order valence-corrected chi connectivity index (χ4v) is 2.69. The molecule has 4 nitrogen and oxygen atoms in total. The summed E-state index contributed by atoms with van der Waals surface area (Å²) >= 11 is 1.26. The normalized spacial score (nSPS) is 11.8. The van der Waals surface area contributed by atoms with E-state index >= 15 is 0 Å². The molecule has 3 heterocycles. The molecule has 0 radical (unpaired) electrons. The quantitative estimate of drug-likeness (QED) is 0.656. The van der Waals surface area contributed by atoms with Gasteiger partial charge in [0.05, 0.1) is 28.6 Å². The maximum atomic E-state index is 13.2. The Morgan fingerprint density at radius 2 is 2.14 bits per heavy atom. The van der Waals surface area contributed by atoms with Crippen LogP contribution in [0.15, 0.2) is 34.1 Å². The highest BCUT2D eigenvalue weighted by Gasteiger charge is 2.35. The predicted molar refractivity (Wildman–Crippen MR) is 73.7 cm³/mol. The molecule has 3 aromatic heterocycles. The van der Waals surface area contributed by atoms with Crippen molar-refractivity contribution < 1.29 is 27.1 Å². The minimum atomic E-state index is -4.59. The lowest BCUT2D eigenvalue weighted by Gasteiger charge is -2.08. The molecule has 22 heavy (non-hydrogen) atoms. The Morgan fingerprint density at radius 1 is 1.36 bits per heavy atom. The number of rotatable bonds is 2. The molecular weight excluding hydrogens is 319 g/mol. The molecule has 3 aromatic rings. The van der Waals surface area contributed by atoms with E-state index in [9.17, 15) is 18.0 Å². The molecule has 0 saturated carbocycles. The molecule has 0 aliphatic heterocycles. The van der Waals surface area contributed by atoms with Crippen LogP contribution in [-0.4, -0.2) is 18.1 Å². The number of pyridine rings is 1. The number of halogens is 3. The molecule has 0 aliphatic rings. The second-order valence-electron chi connectivity index (χ2n) is 4.35. The van der Waals surface area contributed by atoms with Crippen LogP contribution in [-0.2, 0) is 10.9 Å². The first kappa shape index (κ1) is 14.6. The van der Waals surface area contributed by atoms with Crippen LogP contribution in [0.3, 0.4) is 0 Å². The number of thiophene rings is 1. The van der Waals surface area contributed by atoms with Gasteiger partial charge in [-0.1, -0.05) is 6.07 Å². The van der Waals surface area contributed by atoms with E-state index in [0.717, 1.165) is 19.2 Å². The van der Waals surface area contributed by atoms with Crippen molar-refractivity contribution in [2.24, 2.45) is 0 Å². The van der Waals surface area contributed by atoms with E-state index in [-0.39, 0.29) is 22.6 Å². The van der Waals surface area contributed by atoms with Gasteiger partial charge in [0.25, 0.3) is 0 Å². The van der Waals surface area contributed by atoms with Crippen LogP contribution < -0.4 is 0 Å². The average Bonchev–Trinajstić information content (AvgIpc) is 3.12. The van der Waals surface area contributed by atoms with Gasteiger partial charge in [-0.3, -0.25) is 0 Å². The summed E-state index contributed by atoms with van der Waals surface area (Å²) in [5.41, 5.74) is -1.01. The molecule has 0 spiro atoms. The molecular formula is C14H8F3NO3S. The van der Waals surface area contributed by atoms with Crippen molar-refractivity contribution in [3.63, 3.8) is 0 Å². The number of carbonyl (C=O) groups is 1. The van der Waals surface area contributed by atoms with Gasteiger partial charge in [-0.15, -0.1) is 11.3 Å². The van der Waals surface area contributed by atoms with Crippen molar-refractivity contribution in [3.05, 3.63) is 41.0 Å². The Bertz CT molecular complexity index is 837. The van der Waals surface area contributed by atoms with E-state index in [4.69, 9.17) is 4.42 Å². The summed E-state index contributed by atoms with van der Waals surface area (Å²) in [5, 5.41) is 1.46. The summed E-state index contributed by atoms with van der Waals surface area (Å²) in [7, 11) is 1.12. The third-order valence-electron chi connectivity index (χ3n) is 2.97. The Morgan fingerprint density at radius 3 is 2.73 bits per heavy atom. The number of methoxy groups -OCH3 is 1. The molecule has 8 heteroatoms. The van der Waals surface area contributed by atoms with Crippen molar-refractivity contribution in [1.29, 1.82) is 0 Å². The van der Waals surface area contributed by atoms with Crippen LogP contribution in [0.25, 0.3) is 21.7 Å². The lowest BCUT2D eigenvalue weighted by atomic mass is 10.1. The van der Waals surface area contributed by atoms with Crippen LogP contribution in [0.2, 0.25) is 0 Å². The Hall–Kier alpha value is -2.35. The Kier molecular flexibility index (Phi) is 3.40. The molecule has 0 fully saturated rings. The molecule has 114 valence electrons. The van der Waals surface area contributed by atoms with Crippen LogP contribution >= 0.6 is 11.3 Å². The van der Waals surface area contributed by atoms with Gasteiger partial charge < -0.3 is 9.15 Å². The molecule has 0 bridgehead atoms. The number of aromatic nitrogens is 1. The first-order valence-corrected chi connectivity index (χ1v) is 6.92. The van der Waals surface area contributed by atoms with E-state index in [1.54, 1.807) is 17.5 Å². The summed E-state index contributed by atoms with van der Waals surface area (Å²) in [6, 6.07) is 5.31. The van der Waals surface area contributed by atoms with Crippen LogP contribution in [0.1, 0.15) is 16.1 Å². The minimum Gasteiger partial charge on any atom is -0.463 e. The zero-order valence-electron chi connectivity index (χ0n) is 11.1. The summed E-state index contributed by atoms with van der Waals surface area (Å²) in [5.74, 6) is -1.18. The highest BCUT2D eigenvalue weighted by atomic mass is 32.1. The number of nitrogens with zero attached hydrogens (tertiary/aromatic N) is 1. The number of fused-ring (bicyclic) bond motifs is 1. The van der Waals surface area contributed by atoms with Crippen molar-refractivity contribution >= 4 is 28.4 Å². The second kappa shape index (κ2) is 5.13. The van der Waals surface area contributed by atoms with Crippen molar-refractivity contribution in [2.75, 3.05) is 7.11 Å². The fraction of sp³-hybridized carbons (Fsp3) is 0.143. The topological polar surface area (TPSA) is 52.3 Å². The maximum Gasteiger partial charge on any atom is 0.417 e. The summed E-state index contributed by atoms with van der Waals surface area (Å²) < 4.78 is 49.3. The van der Waals surface area contributed by atoms with Crippen molar-refractivity contribution in [3.8, 4) is 10.6 Å². The third-order valence-corrected chi connectivity index (χ3v) is 3.86. The molecule has 0 saturated heterocycles. The van der Waals surface area contributed by atoms with E-state index < -0.39 is 17.7 Å². The minimum absolute atomic E-state index is 0.139. The molecule has 0 N–H and O–H groups in total. The Balaban J connectivity index is 2.28. The van der Waals surface area contributed by atoms with Gasteiger partial charge in [0.2, 0.25) is 11.5 Å². The molecule has 0 aliphatic carbocycles. The van der Waals surface area contributed by atoms with E-state index in [0.29, 0.717) is 4.88 Å². The predicted octanol–water partition coefficient (Wildman–Crippen LogP) is 4.36. The van der Waals surface area contributed by atoms with E-state index in [1.165, 1.54) is 11.3 Å². The SMILES string of the molecule is COC(=O)c1cc2c(C(F)(F)F)cc(-c3cccs3)nc2o1. The fourth-order valence-electron chi connectivity index (χ4n) is 2.00. The van der Waals surface area contributed by atoms with Crippen molar-refractivity contribution in [2.45, 2.75) is 6.18 Å². The summed E-state index contributed by atoms with van der Waals surface area (Å²) in [4.78, 5) is 16.1. The average molecular weight is 327 g/mol. The smallest absolute Gasteiger partial charge is 0.417 e. The number of hydrogen-bond acceptors (Lipinski definition) is 5. The highest BCUT2D eigenvalue weighted by molar-refractivity contribution is 7.13. The molecule has 0 aromatic carbocycles. The first-order valence-electron chi connectivity index (χ1n) is 6.04. The number of hydrogen-bond donors (Lipinski definition) is 0. The van der Waals surface area contributed by atoms with Gasteiger partial charge in [-0.2, -0.15) is 13.2 Å². The standard InChI is InChI=1S/C14H8F3NO3S/c1-20-13(19)10-5-7-8(14(15,16)17)6-9(18-12(7)21-10)11-3-2-4-22-11/h2-6H,1H3. The summed E-state index contributed by atoms with van der Waals surface area (Å²) in [6.07, 6.45) is -4.59. The molecule has 0 unspecified atom stereocenters. The largest absolute Gasteiger partial charge is 0.463 e. The monoisotopic (exact) mass is 327 g/mol. The zero-order chi connectivity index (χ0) is 15.9. The van der Waals surface area contributed by atoms with E-state index in [2.05, 4.69) is 9.72 Å². The van der Waals surface area contributed by atoms with Gasteiger partial charge in [0.1, 0.15) is 0 Å². The molecule has 0 amide bonds. The van der Waals surface area contributed by atoms with Gasteiger partial charge in [0, 0.05) is 6.07 Å². The second-order valence-corrected chi connectivity index (χ2v) is 5.30. The lowest BCUT2D eigenvalue weighted by molar-refractivity contribution is -0.136. The van der Waals surface area contributed by atoms with E-state index in [1.807, 2.05) is 0 Å². The molecule has 0 atom stereocenters.